The molecule has 0 aliphatic rings. The van der Waals surface area contributed by atoms with E-state index in [0.29, 0.717) is 27.8 Å². The van der Waals surface area contributed by atoms with Gasteiger partial charge in [-0.15, -0.1) is 5.10 Å². The number of benzene rings is 3. The summed E-state index contributed by atoms with van der Waals surface area (Å²) in [6.07, 6.45) is 0. The molecule has 0 saturated carbocycles. The maximum absolute atomic E-state index is 14.2. The lowest BCUT2D eigenvalue weighted by Crippen LogP contribution is -2.50. The number of aromatic nitrogens is 3. The molecule has 3 aromatic carbocycles. The van der Waals surface area contributed by atoms with Crippen LogP contribution in [0.5, 0.6) is 0 Å². The van der Waals surface area contributed by atoms with Crippen LogP contribution in [0.1, 0.15) is 49.7 Å². The van der Waals surface area contributed by atoms with E-state index in [4.69, 9.17) is 0 Å². The summed E-state index contributed by atoms with van der Waals surface area (Å²) in [5, 5.41) is 11.4. The topological polar surface area (TPSA) is 100 Å². The lowest BCUT2D eigenvalue weighted by atomic mass is 9.99. The van der Waals surface area contributed by atoms with Crippen molar-refractivity contribution in [3.8, 4) is 0 Å². The SMILES string of the molecule is CC(=O)c1cccc(N(C(=O)Cn2nnc3ccccc32)[C@@H](C(=O)NC(C)(C)C)c2ccc(N(C)C)cc2)c1. The van der Waals surface area contributed by atoms with Crippen LogP contribution in [0.4, 0.5) is 11.4 Å². The molecule has 0 bridgehead atoms. The third-order valence-corrected chi connectivity index (χ3v) is 6.23. The fourth-order valence-electron chi connectivity index (χ4n) is 4.36. The summed E-state index contributed by atoms with van der Waals surface area (Å²) in [6.45, 7) is 6.99. The number of rotatable bonds is 8. The Morgan fingerprint density at radius 3 is 2.26 bits per heavy atom. The molecule has 1 atom stereocenters. The highest BCUT2D eigenvalue weighted by molar-refractivity contribution is 6.03. The average molecular weight is 527 g/mol. The summed E-state index contributed by atoms with van der Waals surface area (Å²) in [7, 11) is 3.87. The first kappa shape index (κ1) is 27.5. The third kappa shape index (κ3) is 6.31. The predicted molar refractivity (Wildman–Crippen MR) is 153 cm³/mol. The zero-order chi connectivity index (χ0) is 28.3. The summed E-state index contributed by atoms with van der Waals surface area (Å²) < 4.78 is 1.52. The fraction of sp³-hybridized carbons (Fsp3) is 0.300. The van der Waals surface area contributed by atoms with E-state index >= 15 is 0 Å². The number of para-hydroxylation sites is 1. The van der Waals surface area contributed by atoms with Crippen LogP contribution in [0, 0.1) is 0 Å². The molecule has 9 heteroatoms. The van der Waals surface area contributed by atoms with E-state index in [-0.39, 0.29) is 24.1 Å². The van der Waals surface area contributed by atoms with E-state index in [9.17, 15) is 14.4 Å². The normalized spacial score (nSPS) is 12.2. The number of hydrogen-bond acceptors (Lipinski definition) is 6. The van der Waals surface area contributed by atoms with Gasteiger partial charge in [0.05, 0.1) is 5.52 Å². The zero-order valence-corrected chi connectivity index (χ0v) is 23.2. The predicted octanol–water partition coefficient (Wildman–Crippen LogP) is 4.39. The fourth-order valence-corrected chi connectivity index (χ4v) is 4.36. The van der Waals surface area contributed by atoms with Crippen molar-refractivity contribution in [3.63, 3.8) is 0 Å². The van der Waals surface area contributed by atoms with Crippen LogP contribution in [0.3, 0.4) is 0 Å². The van der Waals surface area contributed by atoms with Crippen molar-refractivity contribution >= 4 is 40.0 Å². The zero-order valence-electron chi connectivity index (χ0n) is 23.2. The Bertz CT molecular complexity index is 1500. The standard InChI is InChI=1S/C30H34N6O3/c1-20(37)22-10-9-11-24(18-22)36(27(38)19-35-26-13-8-7-12-25(26)32-33-35)28(29(39)31-30(2,3)4)21-14-16-23(17-15-21)34(5)6/h7-18,28H,19H2,1-6H3,(H,31,39)/t28-/m1/s1. The van der Waals surface area contributed by atoms with Gasteiger partial charge >= 0.3 is 0 Å². The summed E-state index contributed by atoms with van der Waals surface area (Å²) in [6, 6.07) is 20.7. The Morgan fingerprint density at radius 2 is 1.62 bits per heavy atom. The molecule has 0 spiro atoms. The average Bonchev–Trinajstić information content (AvgIpc) is 3.28. The third-order valence-electron chi connectivity index (χ3n) is 6.23. The number of amides is 2. The van der Waals surface area contributed by atoms with Crippen molar-refractivity contribution in [1.82, 2.24) is 20.3 Å². The second-order valence-corrected chi connectivity index (χ2v) is 10.7. The van der Waals surface area contributed by atoms with Gasteiger partial charge in [0.25, 0.3) is 0 Å². The second kappa shape index (κ2) is 11.1. The second-order valence-electron chi connectivity index (χ2n) is 10.7. The molecular weight excluding hydrogens is 492 g/mol. The molecule has 0 fully saturated rings. The van der Waals surface area contributed by atoms with E-state index in [0.717, 1.165) is 5.69 Å². The monoisotopic (exact) mass is 526 g/mol. The van der Waals surface area contributed by atoms with Gasteiger partial charge in [0, 0.05) is 36.6 Å². The van der Waals surface area contributed by atoms with Crippen LogP contribution in [0.15, 0.2) is 72.8 Å². The molecule has 9 nitrogen and oxygen atoms in total. The Balaban J connectivity index is 1.86. The first-order valence-corrected chi connectivity index (χ1v) is 12.8. The highest BCUT2D eigenvalue weighted by atomic mass is 16.2. The number of nitrogens with one attached hydrogen (secondary N) is 1. The Kier molecular flexibility index (Phi) is 7.80. The van der Waals surface area contributed by atoms with Crippen LogP contribution in [0.2, 0.25) is 0 Å². The first-order chi connectivity index (χ1) is 18.4. The van der Waals surface area contributed by atoms with E-state index in [1.165, 1.54) is 16.5 Å². The van der Waals surface area contributed by atoms with Crippen LogP contribution in [-0.4, -0.2) is 52.2 Å². The number of carbonyl (C=O) groups excluding carboxylic acids is 3. The lowest BCUT2D eigenvalue weighted by molar-refractivity contribution is -0.128. The van der Waals surface area contributed by atoms with Crippen LogP contribution < -0.4 is 15.1 Å². The van der Waals surface area contributed by atoms with Crippen LogP contribution in [-0.2, 0) is 16.1 Å². The van der Waals surface area contributed by atoms with Gasteiger partial charge in [0.2, 0.25) is 11.8 Å². The van der Waals surface area contributed by atoms with Crippen molar-refractivity contribution in [2.24, 2.45) is 0 Å². The maximum Gasteiger partial charge on any atom is 0.249 e. The van der Waals surface area contributed by atoms with Gasteiger partial charge in [-0.2, -0.15) is 0 Å². The molecule has 39 heavy (non-hydrogen) atoms. The quantitative estimate of drug-likeness (QED) is 0.342. The number of anilines is 2. The summed E-state index contributed by atoms with van der Waals surface area (Å²) >= 11 is 0. The van der Waals surface area contributed by atoms with Gasteiger partial charge in [-0.05, 0) is 69.7 Å². The van der Waals surface area contributed by atoms with E-state index in [2.05, 4.69) is 15.6 Å². The van der Waals surface area contributed by atoms with Crippen LogP contribution in [0.25, 0.3) is 11.0 Å². The molecule has 202 valence electrons. The molecular formula is C30H34N6O3. The molecule has 0 unspecified atom stereocenters. The Labute approximate surface area is 228 Å². The number of hydrogen-bond donors (Lipinski definition) is 1. The van der Waals surface area contributed by atoms with E-state index in [1.54, 1.807) is 24.3 Å². The van der Waals surface area contributed by atoms with Crippen molar-refractivity contribution < 1.29 is 14.4 Å². The van der Waals surface area contributed by atoms with E-state index < -0.39 is 11.6 Å². The molecule has 1 N–H and O–H groups in total. The van der Waals surface area contributed by atoms with Gasteiger partial charge in [-0.3, -0.25) is 19.3 Å². The van der Waals surface area contributed by atoms with Crippen molar-refractivity contribution in [3.05, 3.63) is 83.9 Å². The summed E-state index contributed by atoms with van der Waals surface area (Å²) in [5.74, 6) is -0.861. The molecule has 1 heterocycles. The molecule has 2 amide bonds. The summed E-state index contributed by atoms with van der Waals surface area (Å²) in [5.41, 5.74) is 3.28. The van der Waals surface area contributed by atoms with Gasteiger partial charge in [-0.25, -0.2) is 4.68 Å². The Hall–Kier alpha value is -4.53. The van der Waals surface area contributed by atoms with Gasteiger partial charge in [-0.1, -0.05) is 41.6 Å². The number of ketones is 1. The van der Waals surface area contributed by atoms with Gasteiger partial charge in [0.1, 0.15) is 18.1 Å². The van der Waals surface area contributed by atoms with Gasteiger partial charge in [0.15, 0.2) is 5.78 Å². The van der Waals surface area contributed by atoms with Crippen molar-refractivity contribution in [2.75, 3.05) is 23.9 Å². The molecule has 4 rings (SSSR count). The molecule has 0 saturated heterocycles. The highest BCUT2D eigenvalue weighted by Gasteiger charge is 2.35. The lowest BCUT2D eigenvalue weighted by Gasteiger charge is -2.34. The number of Topliss-reactive ketones (excluding diaryl/α,β-unsaturated/α-hetero) is 1. The Morgan fingerprint density at radius 1 is 0.923 bits per heavy atom. The minimum Gasteiger partial charge on any atom is -0.378 e. The molecule has 0 aliphatic heterocycles. The smallest absolute Gasteiger partial charge is 0.249 e. The molecule has 4 aromatic rings. The van der Waals surface area contributed by atoms with E-state index in [1.807, 2.05) is 88.3 Å². The largest absolute Gasteiger partial charge is 0.378 e. The number of carbonyl (C=O) groups is 3. The van der Waals surface area contributed by atoms with Crippen molar-refractivity contribution in [1.29, 1.82) is 0 Å². The van der Waals surface area contributed by atoms with Gasteiger partial charge < -0.3 is 10.2 Å². The molecule has 1 aromatic heterocycles. The van der Waals surface area contributed by atoms with Crippen LogP contribution >= 0.6 is 0 Å². The number of nitrogens with zero attached hydrogens (tertiary/aromatic N) is 5. The summed E-state index contributed by atoms with van der Waals surface area (Å²) in [4.78, 5) is 43.7. The molecule has 0 radical (unpaired) electrons. The minimum absolute atomic E-state index is 0.141. The van der Waals surface area contributed by atoms with Crippen molar-refractivity contribution in [2.45, 2.75) is 45.8 Å². The highest BCUT2D eigenvalue weighted by Crippen LogP contribution is 2.31. The maximum atomic E-state index is 14.2. The number of fused-ring (bicyclic) bond motifs is 1. The molecule has 0 aliphatic carbocycles. The first-order valence-electron chi connectivity index (χ1n) is 12.8. The minimum atomic E-state index is -1.01.